The van der Waals surface area contributed by atoms with Crippen LogP contribution in [0.3, 0.4) is 0 Å². The van der Waals surface area contributed by atoms with Gasteiger partial charge in [0.25, 0.3) is 5.91 Å². The van der Waals surface area contributed by atoms with Crippen molar-refractivity contribution in [2.24, 2.45) is 0 Å². The lowest BCUT2D eigenvalue weighted by Gasteiger charge is -2.35. The molecule has 2 heterocycles. The van der Waals surface area contributed by atoms with Gasteiger partial charge in [-0.1, -0.05) is 0 Å². The molecule has 1 aliphatic rings. The molecular formula is C10H12N2O2. The predicted octanol–water partition coefficient (Wildman–Crippen LogP) is 0.207. The Hall–Kier alpha value is -1.42. The first kappa shape index (κ1) is 9.15. The van der Waals surface area contributed by atoms with Crippen molar-refractivity contribution in [1.82, 2.24) is 9.88 Å². The molecule has 0 saturated carbocycles. The van der Waals surface area contributed by atoms with Crippen molar-refractivity contribution in [1.29, 1.82) is 0 Å². The van der Waals surface area contributed by atoms with E-state index < -0.39 is 0 Å². The van der Waals surface area contributed by atoms with Crippen LogP contribution in [0.25, 0.3) is 0 Å². The second-order valence-electron chi connectivity index (χ2n) is 3.61. The third kappa shape index (κ3) is 1.61. The largest absolute Gasteiger partial charge is 0.389 e. The Morgan fingerprint density at radius 1 is 1.57 bits per heavy atom. The molecule has 0 bridgehead atoms. The van der Waals surface area contributed by atoms with Crippen molar-refractivity contribution < 1.29 is 9.90 Å². The number of carbonyl (C=O) groups excluding carboxylic acids is 1. The van der Waals surface area contributed by atoms with E-state index in [0.717, 1.165) is 5.56 Å². The van der Waals surface area contributed by atoms with Gasteiger partial charge in [-0.05, 0) is 18.6 Å². The highest BCUT2D eigenvalue weighted by atomic mass is 16.3. The molecule has 0 spiro atoms. The predicted molar refractivity (Wildman–Crippen MR) is 50.9 cm³/mol. The summed E-state index contributed by atoms with van der Waals surface area (Å²) in [5.41, 5.74) is 1.56. The molecule has 1 fully saturated rings. The summed E-state index contributed by atoms with van der Waals surface area (Å²) in [5, 5.41) is 9.06. The topological polar surface area (TPSA) is 53.4 Å². The molecule has 0 atom stereocenters. The number of carbonyl (C=O) groups is 1. The number of hydrogen-bond donors (Lipinski definition) is 1. The Kier molecular flexibility index (Phi) is 2.21. The zero-order valence-corrected chi connectivity index (χ0v) is 7.97. The van der Waals surface area contributed by atoms with Gasteiger partial charge in [-0.25, -0.2) is 0 Å². The summed E-state index contributed by atoms with van der Waals surface area (Å²) in [6.07, 6.45) is 2.92. The maximum Gasteiger partial charge on any atom is 0.255 e. The number of likely N-dealkylation sites (tertiary alicyclic amines) is 1. The van der Waals surface area contributed by atoms with Gasteiger partial charge in [-0.3, -0.25) is 9.78 Å². The second kappa shape index (κ2) is 3.38. The summed E-state index contributed by atoms with van der Waals surface area (Å²) in [4.78, 5) is 17.3. The van der Waals surface area contributed by atoms with Gasteiger partial charge < -0.3 is 10.0 Å². The van der Waals surface area contributed by atoms with Crippen LogP contribution < -0.4 is 0 Å². The van der Waals surface area contributed by atoms with Crippen LogP contribution in [0.15, 0.2) is 18.5 Å². The van der Waals surface area contributed by atoms with E-state index in [1.54, 1.807) is 23.4 Å². The maximum atomic E-state index is 11.7. The maximum absolute atomic E-state index is 11.7. The molecule has 1 aromatic rings. The van der Waals surface area contributed by atoms with Gasteiger partial charge in [0, 0.05) is 25.5 Å². The first-order valence-electron chi connectivity index (χ1n) is 4.56. The minimum Gasteiger partial charge on any atom is -0.389 e. The number of nitrogens with zero attached hydrogens (tertiary/aromatic N) is 2. The smallest absolute Gasteiger partial charge is 0.255 e. The summed E-state index contributed by atoms with van der Waals surface area (Å²) < 4.78 is 0. The first-order chi connectivity index (χ1) is 6.66. The molecule has 4 nitrogen and oxygen atoms in total. The minimum absolute atomic E-state index is 0.0495. The molecule has 1 saturated heterocycles. The highest BCUT2D eigenvalue weighted by molar-refractivity contribution is 5.94. The Morgan fingerprint density at radius 3 is 2.86 bits per heavy atom. The fourth-order valence-electron chi connectivity index (χ4n) is 1.48. The number of rotatable bonds is 1. The number of pyridine rings is 1. The van der Waals surface area contributed by atoms with E-state index >= 15 is 0 Å². The third-order valence-electron chi connectivity index (χ3n) is 2.27. The fraction of sp³-hybridized carbons (Fsp3) is 0.400. The van der Waals surface area contributed by atoms with Gasteiger partial charge in [0.05, 0.1) is 11.7 Å². The van der Waals surface area contributed by atoms with Crippen molar-refractivity contribution in [3.05, 3.63) is 29.6 Å². The summed E-state index contributed by atoms with van der Waals surface area (Å²) in [6.45, 7) is 2.77. The van der Waals surface area contributed by atoms with Gasteiger partial charge in [-0.2, -0.15) is 0 Å². The van der Waals surface area contributed by atoms with Crippen LogP contribution in [-0.4, -0.2) is 40.1 Å². The van der Waals surface area contributed by atoms with E-state index in [1.165, 1.54) is 0 Å². The van der Waals surface area contributed by atoms with Gasteiger partial charge in [0.2, 0.25) is 0 Å². The monoisotopic (exact) mass is 192 g/mol. The quantitative estimate of drug-likeness (QED) is 0.692. The van der Waals surface area contributed by atoms with Gasteiger partial charge >= 0.3 is 0 Å². The molecule has 1 N–H and O–H groups in total. The fourth-order valence-corrected chi connectivity index (χ4v) is 1.48. The molecule has 0 aliphatic carbocycles. The lowest BCUT2D eigenvalue weighted by atomic mass is 10.1. The zero-order valence-electron chi connectivity index (χ0n) is 7.97. The normalized spacial score (nSPS) is 16.6. The van der Waals surface area contributed by atoms with Crippen molar-refractivity contribution in [2.75, 3.05) is 13.1 Å². The SMILES string of the molecule is Cc1cncc(C(=O)N2CC(O)C2)c1. The number of aliphatic hydroxyl groups is 1. The van der Waals surface area contributed by atoms with E-state index in [4.69, 9.17) is 5.11 Å². The summed E-state index contributed by atoms with van der Waals surface area (Å²) in [5.74, 6) is -0.0495. The summed E-state index contributed by atoms with van der Waals surface area (Å²) in [6, 6.07) is 1.81. The second-order valence-corrected chi connectivity index (χ2v) is 3.61. The van der Waals surface area contributed by atoms with Crippen LogP contribution >= 0.6 is 0 Å². The molecule has 74 valence electrons. The van der Waals surface area contributed by atoms with Crippen LogP contribution in [0.2, 0.25) is 0 Å². The molecular weight excluding hydrogens is 180 g/mol. The standard InChI is InChI=1S/C10H12N2O2/c1-7-2-8(4-11-3-7)10(14)12-5-9(13)6-12/h2-4,9,13H,5-6H2,1H3. The average Bonchev–Trinajstić information content (AvgIpc) is 2.12. The number of aromatic nitrogens is 1. The van der Waals surface area contributed by atoms with Crippen LogP contribution in [0.1, 0.15) is 15.9 Å². The van der Waals surface area contributed by atoms with Crippen molar-refractivity contribution in [3.63, 3.8) is 0 Å². The average molecular weight is 192 g/mol. The third-order valence-corrected chi connectivity index (χ3v) is 2.27. The minimum atomic E-state index is -0.350. The van der Waals surface area contributed by atoms with E-state index in [1.807, 2.05) is 6.92 Å². The van der Waals surface area contributed by atoms with Crippen molar-refractivity contribution in [3.8, 4) is 0 Å². The lowest BCUT2D eigenvalue weighted by Crippen LogP contribution is -2.53. The van der Waals surface area contributed by atoms with Gasteiger partial charge in [-0.15, -0.1) is 0 Å². The highest BCUT2D eigenvalue weighted by Crippen LogP contribution is 2.13. The molecule has 14 heavy (non-hydrogen) atoms. The Morgan fingerprint density at radius 2 is 2.29 bits per heavy atom. The summed E-state index contributed by atoms with van der Waals surface area (Å²) >= 11 is 0. The van der Waals surface area contributed by atoms with E-state index in [-0.39, 0.29) is 12.0 Å². The molecule has 0 radical (unpaired) electrons. The van der Waals surface area contributed by atoms with E-state index in [9.17, 15) is 4.79 Å². The number of amides is 1. The molecule has 1 amide bonds. The van der Waals surface area contributed by atoms with Crippen LogP contribution in [0.5, 0.6) is 0 Å². The highest BCUT2D eigenvalue weighted by Gasteiger charge is 2.29. The molecule has 0 aromatic carbocycles. The van der Waals surface area contributed by atoms with Crippen LogP contribution in [-0.2, 0) is 0 Å². The molecule has 4 heteroatoms. The number of aliphatic hydroxyl groups excluding tert-OH is 1. The van der Waals surface area contributed by atoms with Gasteiger partial charge in [0.1, 0.15) is 0 Å². The Labute approximate surface area is 82.2 Å². The van der Waals surface area contributed by atoms with Crippen molar-refractivity contribution in [2.45, 2.75) is 13.0 Å². The first-order valence-corrected chi connectivity index (χ1v) is 4.56. The van der Waals surface area contributed by atoms with Crippen LogP contribution in [0.4, 0.5) is 0 Å². The lowest BCUT2D eigenvalue weighted by molar-refractivity contribution is 0.00586. The molecule has 1 aliphatic heterocycles. The van der Waals surface area contributed by atoms with E-state index in [2.05, 4.69) is 4.98 Å². The van der Waals surface area contributed by atoms with Gasteiger partial charge in [0.15, 0.2) is 0 Å². The van der Waals surface area contributed by atoms with E-state index in [0.29, 0.717) is 18.7 Å². The number of aryl methyl sites for hydroxylation is 1. The number of hydrogen-bond acceptors (Lipinski definition) is 3. The van der Waals surface area contributed by atoms with Crippen molar-refractivity contribution >= 4 is 5.91 Å². The molecule has 0 unspecified atom stereocenters. The Bertz CT molecular complexity index is 359. The molecule has 2 rings (SSSR count). The number of β-amino-alcohol motifs (C(OH)–C–C–N with tert-alkyl or cyclic N) is 1. The Balaban J connectivity index is 2.12. The van der Waals surface area contributed by atoms with Crippen LogP contribution in [0, 0.1) is 6.92 Å². The molecule has 1 aromatic heterocycles. The summed E-state index contributed by atoms with van der Waals surface area (Å²) in [7, 11) is 0. The zero-order chi connectivity index (χ0) is 10.1.